The van der Waals surface area contributed by atoms with Crippen molar-refractivity contribution >= 4 is 11.6 Å². The van der Waals surface area contributed by atoms with Crippen LogP contribution in [-0.4, -0.2) is 13.1 Å². The summed E-state index contributed by atoms with van der Waals surface area (Å²) in [7, 11) is 0. The highest BCUT2D eigenvalue weighted by molar-refractivity contribution is 6.30. The minimum Gasteiger partial charge on any atom is -0.317 e. The third-order valence-corrected chi connectivity index (χ3v) is 4.58. The second-order valence-electron chi connectivity index (χ2n) is 5.19. The van der Waals surface area contributed by atoms with Gasteiger partial charge in [-0.15, -0.1) is 0 Å². The van der Waals surface area contributed by atoms with E-state index in [1.807, 2.05) is 12.1 Å². The number of nitrogens with one attached hydrogen (secondary N) is 1. The van der Waals surface area contributed by atoms with Crippen molar-refractivity contribution in [1.82, 2.24) is 5.32 Å². The number of piperidine rings is 1. The Morgan fingerprint density at radius 2 is 1.69 bits per heavy atom. The SMILES string of the molecule is Clc1ccc(C2(C3CCNCC3)CC2)cc1. The Morgan fingerprint density at radius 3 is 2.25 bits per heavy atom. The minimum atomic E-state index is 0.507. The summed E-state index contributed by atoms with van der Waals surface area (Å²) >= 11 is 5.96. The molecule has 2 aliphatic rings. The fraction of sp³-hybridized carbons (Fsp3) is 0.571. The van der Waals surface area contributed by atoms with Gasteiger partial charge in [-0.3, -0.25) is 0 Å². The van der Waals surface area contributed by atoms with Gasteiger partial charge in [0, 0.05) is 5.02 Å². The van der Waals surface area contributed by atoms with Crippen molar-refractivity contribution in [2.45, 2.75) is 31.1 Å². The van der Waals surface area contributed by atoms with E-state index < -0.39 is 0 Å². The van der Waals surface area contributed by atoms with Crippen molar-refractivity contribution in [3.05, 3.63) is 34.9 Å². The predicted octanol–water partition coefficient (Wildman–Crippen LogP) is 3.37. The fourth-order valence-corrected chi connectivity index (χ4v) is 3.35. The highest BCUT2D eigenvalue weighted by Gasteiger charge is 2.50. The zero-order chi connectivity index (χ0) is 11.0. The van der Waals surface area contributed by atoms with Crippen LogP contribution in [0.5, 0.6) is 0 Å². The van der Waals surface area contributed by atoms with Crippen LogP contribution < -0.4 is 5.32 Å². The lowest BCUT2D eigenvalue weighted by atomic mass is 9.77. The van der Waals surface area contributed by atoms with Crippen molar-refractivity contribution < 1.29 is 0 Å². The van der Waals surface area contributed by atoms with E-state index >= 15 is 0 Å². The molecule has 1 aromatic rings. The Balaban J connectivity index is 1.84. The molecule has 0 unspecified atom stereocenters. The molecular formula is C14H18ClN. The summed E-state index contributed by atoms with van der Waals surface area (Å²) in [5.41, 5.74) is 2.02. The Morgan fingerprint density at radius 1 is 1.06 bits per heavy atom. The van der Waals surface area contributed by atoms with Gasteiger partial charge >= 0.3 is 0 Å². The van der Waals surface area contributed by atoms with Crippen molar-refractivity contribution in [2.24, 2.45) is 5.92 Å². The molecule has 0 aromatic heterocycles. The van der Waals surface area contributed by atoms with Gasteiger partial charge in [0.15, 0.2) is 0 Å². The third kappa shape index (κ3) is 1.76. The van der Waals surface area contributed by atoms with Crippen LogP contribution >= 0.6 is 11.6 Å². The molecule has 2 fully saturated rings. The molecule has 16 heavy (non-hydrogen) atoms. The molecule has 0 radical (unpaired) electrons. The van der Waals surface area contributed by atoms with Gasteiger partial charge in [-0.25, -0.2) is 0 Å². The van der Waals surface area contributed by atoms with E-state index in [0.29, 0.717) is 5.41 Å². The van der Waals surface area contributed by atoms with Gasteiger partial charge in [0.25, 0.3) is 0 Å². The van der Waals surface area contributed by atoms with E-state index in [-0.39, 0.29) is 0 Å². The Labute approximate surface area is 102 Å². The van der Waals surface area contributed by atoms with Gasteiger partial charge in [-0.1, -0.05) is 23.7 Å². The zero-order valence-corrected chi connectivity index (χ0v) is 10.3. The first kappa shape index (κ1) is 10.6. The number of rotatable bonds is 2. The number of benzene rings is 1. The maximum atomic E-state index is 5.96. The Kier molecular flexibility index (Phi) is 2.68. The normalized spacial score (nSPS) is 24.3. The van der Waals surface area contributed by atoms with Crippen molar-refractivity contribution in [3.8, 4) is 0 Å². The molecule has 1 aliphatic heterocycles. The molecule has 1 saturated carbocycles. The third-order valence-electron chi connectivity index (χ3n) is 4.33. The molecule has 2 heteroatoms. The smallest absolute Gasteiger partial charge is 0.0406 e. The average Bonchev–Trinajstić information content (AvgIpc) is 3.13. The summed E-state index contributed by atoms with van der Waals surface area (Å²) in [4.78, 5) is 0. The quantitative estimate of drug-likeness (QED) is 0.829. The predicted molar refractivity (Wildman–Crippen MR) is 68.0 cm³/mol. The fourth-order valence-electron chi connectivity index (χ4n) is 3.22. The highest BCUT2D eigenvalue weighted by atomic mass is 35.5. The van der Waals surface area contributed by atoms with E-state index in [4.69, 9.17) is 11.6 Å². The molecule has 0 amide bonds. The van der Waals surface area contributed by atoms with E-state index in [0.717, 1.165) is 10.9 Å². The molecule has 1 saturated heterocycles. The molecule has 1 aromatic carbocycles. The summed E-state index contributed by atoms with van der Waals surface area (Å²) in [5.74, 6) is 0.884. The minimum absolute atomic E-state index is 0.507. The lowest BCUT2D eigenvalue weighted by molar-refractivity contribution is 0.303. The lowest BCUT2D eigenvalue weighted by Gasteiger charge is -2.31. The topological polar surface area (TPSA) is 12.0 Å². The van der Waals surface area contributed by atoms with E-state index in [2.05, 4.69) is 17.4 Å². The molecule has 0 bridgehead atoms. The summed E-state index contributed by atoms with van der Waals surface area (Å²) in [6.07, 6.45) is 5.42. The maximum absolute atomic E-state index is 5.96. The largest absolute Gasteiger partial charge is 0.317 e. The van der Waals surface area contributed by atoms with Crippen LogP contribution in [0.1, 0.15) is 31.2 Å². The second-order valence-corrected chi connectivity index (χ2v) is 5.62. The molecule has 0 atom stereocenters. The molecule has 3 rings (SSSR count). The zero-order valence-electron chi connectivity index (χ0n) is 9.51. The first-order valence-corrected chi connectivity index (χ1v) is 6.66. The standard InChI is InChI=1S/C14H18ClN/c15-13-3-1-11(2-4-13)14(7-8-14)12-5-9-16-10-6-12/h1-4,12,16H,5-10H2. The summed E-state index contributed by atoms with van der Waals surface area (Å²) in [5, 5.41) is 4.31. The van der Waals surface area contributed by atoms with Gasteiger partial charge in [0.05, 0.1) is 0 Å². The van der Waals surface area contributed by atoms with E-state index in [1.54, 1.807) is 0 Å². The summed E-state index contributed by atoms with van der Waals surface area (Å²) in [6, 6.07) is 8.55. The average molecular weight is 236 g/mol. The van der Waals surface area contributed by atoms with Crippen LogP contribution in [-0.2, 0) is 5.41 Å². The van der Waals surface area contributed by atoms with Crippen molar-refractivity contribution in [1.29, 1.82) is 0 Å². The van der Waals surface area contributed by atoms with Gasteiger partial charge in [-0.2, -0.15) is 0 Å². The van der Waals surface area contributed by atoms with Crippen LogP contribution in [0.3, 0.4) is 0 Å². The molecule has 1 heterocycles. The monoisotopic (exact) mass is 235 g/mol. The van der Waals surface area contributed by atoms with Gasteiger partial charge in [-0.05, 0) is 67.8 Å². The van der Waals surface area contributed by atoms with Crippen molar-refractivity contribution in [2.75, 3.05) is 13.1 Å². The van der Waals surface area contributed by atoms with Crippen LogP contribution in [0, 0.1) is 5.92 Å². The number of hydrogen-bond donors (Lipinski definition) is 1. The molecule has 1 aliphatic carbocycles. The molecule has 86 valence electrons. The van der Waals surface area contributed by atoms with Gasteiger partial charge in [0.1, 0.15) is 0 Å². The molecule has 1 nitrogen and oxygen atoms in total. The second kappa shape index (κ2) is 4.05. The first-order valence-electron chi connectivity index (χ1n) is 6.28. The van der Waals surface area contributed by atoms with Gasteiger partial charge in [0.2, 0.25) is 0 Å². The highest BCUT2D eigenvalue weighted by Crippen LogP contribution is 2.56. The van der Waals surface area contributed by atoms with Crippen molar-refractivity contribution in [3.63, 3.8) is 0 Å². The molecule has 0 spiro atoms. The summed E-state index contributed by atoms with van der Waals surface area (Å²) in [6.45, 7) is 2.39. The van der Waals surface area contributed by atoms with Gasteiger partial charge < -0.3 is 5.32 Å². The van der Waals surface area contributed by atoms with E-state index in [9.17, 15) is 0 Å². The maximum Gasteiger partial charge on any atom is 0.0406 e. The van der Waals surface area contributed by atoms with Crippen LogP contribution in [0.25, 0.3) is 0 Å². The van der Waals surface area contributed by atoms with Crippen LogP contribution in [0.15, 0.2) is 24.3 Å². The summed E-state index contributed by atoms with van der Waals surface area (Å²) < 4.78 is 0. The molecular weight excluding hydrogens is 218 g/mol. The Bertz CT molecular complexity index is 361. The van der Waals surface area contributed by atoms with Crippen LogP contribution in [0.4, 0.5) is 0 Å². The van der Waals surface area contributed by atoms with E-state index in [1.165, 1.54) is 44.3 Å². The molecule has 1 N–H and O–H groups in total. The van der Waals surface area contributed by atoms with Crippen LogP contribution in [0.2, 0.25) is 5.02 Å². The number of hydrogen-bond acceptors (Lipinski definition) is 1. The first-order chi connectivity index (χ1) is 7.81. The lowest BCUT2D eigenvalue weighted by Crippen LogP contribution is -2.34. The number of halogens is 1. The Hall–Kier alpha value is -0.530.